The van der Waals surface area contributed by atoms with Gasteiger partial charge in [-0.2, -0.15) is 5.10 Å². The second-order valence-corrected chi connectivity index (χ2v) is 5.20. The predicted octanol–water partition coefficient (Wildman–Crippen LogP) is 3.55. The number of hydrogen-bond acceptors (Lipinski definition) is 6. The molecule has 1 aromatic carbocycles. The Kier molecular flexibility index (Phi) is 5.45. The van der Waals surface area contributed by atoms with Crippen LogP contribution < -0.4 is 5.43 Å². The van der Waals surface area contributed by atoms with E-state index >= 15 is 0 Å². The Morgan fingerprint density at radius 1 is 1.38 bits per heavy atom. The van der Waals surface area contributed by atoms with Crippen LogP contribution in [0.4, 0.5) is 5.13 Å². The van der Waals surface area contributed by atoms with Crippen molar-refractivity contribution in [2.45, 2.75) is 20.3 Å². The van der Waals surface area contributed by atoms with E-state index in [2.05, 4.69) is 15.5 Å². The molecule has 6 heteroatoms. The average Bonchev–Trinajstić information content (AvgIpc) is 2.95. The number of nitrogens with one attached hydrogen (secondary N) is 1. The summed E-state index contributed by atoms with van der Waals surface area (Å²) in [5, 5.41) is 6.80. The number of thiazole rings is 1. The number of benzene rings is 1. The zero-order chi connectivity index (χ0) is 15.1. The highest BCUT2D eigenvalue weighted by atomic mass is 32.1. The minimum Gasteiger partial charge on any atom is -0.466 e. The molecule has 0 unspecified atom stereocenters. The van der Waals surface area contributed by atoms with Gasteiger partial charge in [-0.25, -0.2) is 4.98 Å². The lowest BCUT2D eigenvalue weighted by molar-refractivity contribution is -0.141. The van der Waals surface area contributed by atoms with Crippen molar-refractivity contribution in [3.05, 3.63) is 35.7 Å². The number of rotatable bonds is 6. The van der Waals surface area contributed by atoms with E-state index in [4.69, 9.17) is 4.74 Å². The van der Waals surface area contributed by atoms with E-state index in [1.807, 2.05) is 35.7 Å². The molecule has 0 aliphatic rings. The molecule has 1 aromatic heterocycles. The quantitative estimate of drug-likeness (QED) is 0.503. The molecule has 0 aliphatic heterocycles. The standard InChI is InChI=1S/C15H17N3O2S/c1-3-20-14(19)9-11(2)17-18-15-16-13(10-21-15)12-7-5-4-6-8-12/h4-8,10H,3,9H2,1-2H3,(H,16,18). The van der Waals surface area contributed by atoms with Crippen molar-refractivity contribution in [1.82, 2.24) is 4.98 Å². The topological polar surface area (TPSA) is 63.6 Å². The van der Waals surface area contributed by atoms with Gasteiger partial charge in [0, 0.05) is 16.7 Å². The highest BCUT2D eigenvalue weighted by molar-refractivity contribution is 7.14. The summed E-state index contributed by atoms with van der Waals surface area (Å²) in [4.78, 5) is 15.8. The zero-order valence-electron chi connectivity index (χ0n) is 12.0. The maximum Gasteiger partial charge on any atom is 0.311 e. The molecule has 21 heavy (non-hydrogen) atoms. The SMILES string of the molecule is CCOC(=O)CC(C)=NNc1nc(-c2ccccc2)cs1. The molecule has 2 rings (SSSR count). The predicted molar refractivity (Wildman–Crippen MR) is 85.5 cm³/mol. The number of esters is 1. The van der Waals surface area contributed by atoms with Gasteiger partial charge in [-0.3, -0.25) is 10.2 Å². The zero-order valence-corrected chi connectivity index (χ0v) is 12.8. The van der Waals surface area contributed by atoms with Crippen LogP contribution in [0.5, 0.6) is 0 Å². The van der Waals surface area contributed by atoms with Gasteiger partial charge < -0.3 is 4.74 Å². The number of carbonyl (C=O) groups is 1. The first-order valence-corrected chi connectivity index (χ1v) is 7.52. The van der Waals surface area contributed by atoms with Crippen molar-refractivity contribution < 1.29 is 9.53 Å². The average molecular weight is 303 g/mol. The third kappa shape index (κ3) is 4.68. The summed E-state index contributed by atoms with van der Waals surface area (Å²) in [5.41, 5.74) is 5.49. The third-order valence-corrected chi connectivity index (χ3v) is 3.37. The van der Waals surface area contributed by atoms with Crippen molar-refractivity contribution >= 4 is 28.1 Å². The Morgan fingerprint density at radius 3 is 2.86 bits per heavy atom. The maximum atomic E-state index is 11.3. The summed E-state index contributed by atoms with van der Waals surface area (Å²) in [6.45, 7) is 3.94. The molecule has 0 amide bonds. The van der Waals surface area contributed by atoms with Crippen LogP contribution in [-0.4, -0.2) is 23.3 Å². The van der Waals surface area contributed by atoms with E-state index in [0.717, 1.165) is 11.3 Å². The Balaban J connectivity index is 1.95. The lowest BCUT2D eigenvalue weighted by atomic mass is 10.2. The Hall–Kier alpha value is -2.21. The largest absolute Gasteiger partial charge is 0.466 e. The van der Waals surface area contributed by atoms with Crippen LogP contribution in [0.25, 0.3) is 11.3 Å². The van der Waals surface area contributed by atoms with Crippen molar-refractivity contribution in [3.8, 4) is 11.3 Å². The fourth-order valence-electron chi connectivity index (χ4n) is 1.67. The fourth-order valence-corrected chi connectivity index (χ4v) is 2.33. The number of aromatic nitrogens is 1. The van der Waals surface area contributed by atoms with Gasteiger partial charge in [-0.15, -0.1) is 11.3 Å². The van der Waals surface area contributed by atoms with Crippen molar-refractivity contribution in [2.75, 3.05) is 12.0 Å². The Morgan fingerprint density at radius 2 is 2.14 bits per heavy atom. The summed E-state index contributed by atoms with van der Waals surface area (Å²) in [6, 6.07) is 9.94. The van der Waals surface area contributed by atoms with Crippen LogP contribution in [0.3, 0.4) is 0 Å². The summed E-state index contributed by atoms with van der Waals surface area (Å²) in [6.07, 6.45) is 0.178. The number of nitrogens with zero attached hydrogens (tertiary/aromatic N) is 2. The number of carbonyl (C=O) groups excluding carboxylic acids is 1. The molecule has 0 fully saturated rings. The smallest absolute Gasteiger partial charge is 0.311 e. The van der Waals surface area contributed by atoms with Gasteiger partial charge in [0.2, 0.25) is 5.13 Å². The van der Waals surface area contributed by atoms with Gasteiger partial charge in [-0.1, -0.05) is 30.3 Å². The molecule has 1 heterocycles. The summed E-state index contributed by atoms with van der Waals surface area (Å²) in [5.74, 6) is -0.273. The monoisotopic (exact) mass is 303 g/mol. The van der Waals surface area contributed by atoms with E-state index in [1.54, 1.807) is 13.8 Å². The van der Waals surface area contributed by atoms with E-state index < -0.39 is 0 Å². The highest BCUT2D eigenvalue weighted by Crippen LogP contribution is 2.24. The summed E-state index contributed by atoms with van der Waals surface area (Å²) >= 11 is 1.47. The Bertz CT molecular complexity index is 623. The van der Waals surface area contributed by atoms with Crippen molar-refractivity contribution in [3.63, 3.8) is 0 Å². The van der Waals surface area contributed by atoms with E-state index in [0.29, 0.717) is 17.5 Å². The minimum atomic E-state index is -0.273. The van der Waals surface area contributed by atoms with Crippen LogP contribution in [-0.2, 0) is 9.53 Å². The molecule has 2 aromatic rings. The lowest BCUT2D eigenvalue weighted by Crippen LogP contribution is -2.10. The molecular formula is C15H17N3O2S. The molecule has 0 atom stereocenters. The van der Waals surface area contributed by atoms with Crippen LogP contribution >= 0.6 is 11.3 Å². The summed E-state index contributed by atoms with van der Waals surface area (Å²) in [7, 11) is 0. The normalized spacial score (nSPS) is 11.2. The van der Waals surface area contributed by atoms with Crippen molar-refractivity contribution in [2.24, 2.45) is 5.10 Å². The van der Waals surface area contributed by atoms with Crippen LogP contribution in [0.2, 0.25) is 0 Å². The lowest BCUT2D eigenvalue weighted by Gasteiger charge is -2.01. The first-order valence-electron chi connectivity index (χ1n) is 6.64. The molecule has 110 valence electrons. The molecular weight excluding hydrogens is 286 g/mol. The first kappa shape index (κ1) is 15.2. The van der Waals surface area contributed by atoms with Gasteiger partial charge in [0.1, 0.15) is 0 Å². The van der Waals surface area contributed by atoms with E-state index in [-0.39, 0.29) is 12.4 Å². The number of hydrazone groups is 1. The molecule has 0 bridgehead atoms. The third-order valence-electron chi connectivity index (χ3n) is 2.62. The van der Waals surface area contributed by atoms with Gasteiger partial charge in [0.15, 0.2) is 0 Å². The highest BCUT2D eigenvalue weighted by Gasteiger charge is 2.06. The molecule has 0 spiro atoms. The van der Waals surface area contributed by atoms with E-state index in [1.165, 1.54) is 11.3 Å². The van der Waals surface area contributed by atoms with Crippen LogP contribution in [0.15, 0.2) is 40.8 Å². The Labute approximate surface area is 127 Å². The van der Waals surface area contributed by atoms with E-state index in [9.17, 15) is 4.79 Å². The molecule has 1 N–H and O–H groups in total. The number of hydrogen-bond donors (Lipinski definition) is 1. The first-order chi connectivity index (χ1) is 10.2. The minimum absolute atomic E-state index is 0.178. The molecule has 0 saturated carbocycles. The van der Waals surface area contributed by atoms with Gasteiger partial charge in [0.25, 0.3) is 0 Å². The second-order valence-electron chi connectivity index (χ2n) is 4.34. The fraction of sp³-hybridized carbons (Fsp3) is 0.267. The number of anilines is 1. The van der Waals surface area contributed by atoms with Gasteiger partial charge in [-0.05, 0) is 13.8 Å². The number of ether oxygens (including phenoxy) is 1. The molecule has 0 saturated heterocycles. The maximum absolute atomic E-state index is 11.3. The molecule has 5 nitrogen and oxygen atoms in total. The second kappa shape index (κ2) is 7.54. The summed E-state index contributed by atoms with van der Waals surface area (Å²) < 4.78 is 4.87. The van der Waals surface area contributed by atoms with Crippen LogP contribution in [0, 0.1) is 0 Å². The van der Waals surface area contributed by atoms with Crippen LogP contribution in [0.1, 0.15) is 20.3 Å². The van der Waals surface area contributed by atoms with Crippen molar-refractivity contribution in [1.29, 1.82) is 0 Å². The molecule has 0 aliphatic carbocycles. The molecule has 0 radical (unpaired) electrons. The van der Waals surface area contributed by atoms with Gasteiger partial charge in [0.05, 0.1) is 18.7 Å². The van der Waals surface area contributed by atoms with Gasteiger partial charge >= 0.3 is 5.97 Å².